The van der Waals surface area contributed by atoms with Crippen molar-refractivity contribution in [3.05, 3.63) is 36.4 Å². The lowest BCUT2D eigenvalue weighted by Gasteiger charge is -2.17. The molecule has 0 aliphatic carbocycles. The number of epoxide rings is 1. The van der Waals surface area contributed by atoms with Crippen LogP contribution in [0.25, 0.3) is 0 Å². The number of rotatable bonds is 9. The van der Waals surface area contributed by atoms with Gasteiger partial charge in [-0.2, -0.15) is 0 Å². The Morgan fingerprint density at radius 1 is 1.18 bits per heavy atom. The summed E-state index contributed by atoms with van der Waals surface area (Å²) in [6.45, 7) is 8.04. The van der Waals surface area contributed by atoms with E-state index in [-0.39, 0.29) is 6.10 Å². The molecule has 1 aliphatic heterocycles. The molecule has 1 aromatic carbocycles. The van der Waals surface area contributed by atoms with Crippen LogP contribution >= 0.6 is 0 Å². The summed E-state index contributed by atoms with van der Waals surface area (Å²) in [6.07, 6.45) is 7.06. The summed E-state index contributed by atoms with van der Waals surface area (Å²) in [5, 5.41) is 0. The molecule has 0 N–H and O–H groups in total. The van der Waals surface area contributed by atoms with Gasteiger partial charge in [-0.3, -0.25) is 0 Å². The maximum absolute atomic E-state index is 6.12. The highest BCUT2D eigenvalue weighted by Crippen LogP contribution is 2.24. The van der Waals surface area contributed by atoms with Crippen LogP contribution in [-0.2, 0) is 4.74 Å². The Bertz CT molecular complexity index is 472. The monoisotopic (exact) mass is 320 g/mol. The van der Waals surface area contributed by atoms with Crippen LogP contribution in [0.2, 0.25) is 25.7 Å². The third-order valence-electron chi connectivity index (χ3n) is 3.59. The highest BCUT2D eigenvalue weighted by Gasteiger charge is 2.27. The van der Waals surface area contributed by atoms with Gasteiger partial charge in [-0.15, -0.1) is 0 Å². The second-order valence-electron chi connectivity index (χ2n) is 7.08. The minimum absolute atomic E-state index is 0.179. The van der Waals surface area contributed by atoms with Crippen molar-refractivity contribution in [3.8, 4) is 11.5 Å². The number of allylic oxidation sites excluding steroid dienone is 1. The van der Waals surface area contributed by atoms with E-state index in [0.29, 0.717) is 6.10 Å². The van der Waals surface area contributed by atoms with Crippen LogP contribution in [0, 0.1) is 0 Å². The van der Waals surface area contributed by atoms with Gasteiger partial charge >= 0.3 is 0 Å². The Balaban J connectivity index is 1.87. The van der Waals surface area contributed by atoms with Crippen LogP contribution in [0.1, 0.15) is 12.8 Å². The maximum Gasteiger partial charge on any atom is 0.120 e. The van der Waals surface area contributed by atoms with Crippen LogP contribution in [0.3, 0.4) is 0 Å². The summed E-state index contributed by atoms with van der Waals surface area (Å²) >= 11 is 0. The molecule has 4 heteroatoms. The van der Waals surface area contributed by atoms with Gasteiger partial charge in [0.05, 0.1) is 19.8 Å². The van der Waals surface area contributed by atoms with Gasteiger partial charge in [-0.05, 0) is 30.3 Å². The minimum Gasteiger partial charge on any atom is -0.497 e. The molecule has 1 fully saturated rings. The third kappa shape index (κ3) is 6.67. The quantitative estimate of drug-likeness (QED) is 0.381. The smallest absolute Gasteiger partial charge is 0.120 e. The average Bonchev–Trinajstić information content (AvgIpc) is 3.27. The van der Waals surface area contributed by atoms with E-state index in [4.69, 9.17) is 14.2 Å². The fourth-order valence-corrected chi connectivity index (χ4v) is 3.10. The average molecular weight is 321 g/mol. The lowest BCUT2D eigenvalue weighted by molar-refractivity contribution is 0.179. The predicted octanol–water partition coefficient (Wildman–Crippen LogP) is 4.52. The van der Waals surface area contributed by atoms with Gasteiger partial charge in [0.15, 0.2) is 0 Å². The molecular formula is C18H28O3Si. The van der Waals surface area contributed by atoms with E-state index in [2.05, 4.69) is 31.8 Å². The van der Waals surface area contributed by atoms with Crippen molar-refractivity contribution in [2.24, 2.45) is 0 Å². The molecule has 1 aliphatic rings. The highest BCUT2D eigenvalue weighted by atomic mass is 28.3. The first-order chi connectivity index (χ1) is 10.5. The van der Waals surface area contributed by atoms with Gasteiger partial charge in [0.1, 0.15) is 17.6 Å². The van der Waals surface area contributed by atoms with Gasteiger partial charge in [0.25, 0.3) is 0 Å². The Kier molecular flexibility index (Phi) is 6.09. The zero-order valence-corrected chi connectivity index (χ0v) is 15.2. The summed E-state index contributed by atoms with van der Waals surface area (Å²) in [5.74, 6) is 1.74. The molecule has 1 heterocycles. The van der Waals surface area contributed by atoms with Crippen molar-refractivity contribution in [2.45, 2.75) is 50.7 Å². The van der Waals surface area contributed by atoms with Gasteiger partial charge in [0.2, 0.25) is 0 Å². The molecule has 2 atom stereocenters. The molecule has 0 unspecified atom stereocenters. The third-order valence-corrected chi connectivity index (χ3v) is 5.05. The van der Waals surface area contributed by atoms with E-state index in [9.17, 15) is 0 Å². The second kappa shape index (κ2) is 7.84. The fraction of sp³-hybridized carbons (Fsp3) is 0.556. The van der Waals surface area contributed by atoms with E-state index in [1.807, 2.05) is 24.3 Å². The molecule has 0 radical (unpaired) electrons. The van der Waals surface area contributed by atoms with E-state index in [1.165, 1.54) is 6.04 Å². The molecule has 22 heavy (non-hydrogen) atoms. The van der Waals surface area contributed by atoms with E-state index in [1.54, 1.807) is 7.11 Å². The molecule has 2 rings (SSSR count). The lowest BCUT2D eigenvalue weighted by Crippen LogP contribution is -2.19. The molecule has 1 aromatic rings. The Hall–Kier alpha value is -1.26. The van der Waals surface area contributed by atoms with Gasteiger partial charge < -0.3 is 14.2 Å². The second-order valence-corrected chi connectivity index (χ2v) is 12.6. The summed E-state index contributed by atoms with van der Waals surface area (Å²) in [5.41, 5.74) is 0. The number of hydrogen-bond donors (Lipinski definition) is 0. The fourth-order valence-electron chi connectivity index (χ4n) is 2.22. The summed E-state index contributed by atoms with van der Waals surface area (Å²) in [7, 11) is 0.673. The minimum atomic E-state index is -1.000. The van der Waals surface area contributed by atoms with Crippen molar-refractivity contribution in [1.82, 2.24) is 0 Å². The van der Waals surface area contributed by atoms with Crippen molar-refractivity contribution >= 4 is 8.07 Å². The molecular weight excluding hydrogens is 292 g/mol. The van der Waals surface area contributed by atoms with Crippen LogP contribution in [0.5, 0.6) is 11.5 Å². The Morgan fingerprint density at radius 2 is 1.82 bits per heavy atom. The number of ether oxygens (including phenoxy) is 3. The largest absolute Gasteiger partial charge is 0.497 e. The van der Waals surface area contributed by atoms with E-state index in [0.717, 1.165) is 30.9 Å². The molecule has 0 bridgehead atoms. The molecule has 1 saturated heterocycles. The zero-order valence-electron chi connectivity index (χ0n) is 14.2. The van der Waals surface area contributed by atoms with Crippen molar-refractivity contribution in [3.63, 3.8) is 0 Å². The highest BCUT2D eigenvalue weighted by molar-refractivity contribution is 6.76. The molecule has 0 spiro atoms. The Labute approximate surface area is 135 Å². The van der Waals surface area contributed by atoms with Gasteiger partial charge in [0, 0.05) is 20.9 Å². The summed E-state index contributed by atoms with van der Waals surface area (Å²) < 4.78 is 16.7. The van der Waals surface area contributed by atoms with Gasteiger partial charge in [-0.25, -0.2) is 0 Å². The zero-order chi connectivity index (χ0) is 16.0. The van der Waals surface area contributed by atoms with Crippen molar-refractivity contribution in [2.75, 3.05) is 13.7 Å². The molecule has 122 valence electrons. The first-order valence-corrected chi connectivity index (χ1v) is 11.7. The standard InChI is InChI=1S/C18H28O3Si/c1-19-15-8-10-16(11-9-15)21-17(13-18-14-20-18)7-5-6-12-22(2,3)4/h5-6,8-11,17-18H,7,12-14H2,1-4H3/b6-5+/t17-,18+/m0/s1. The molecule has 0 aromatic heterocycles. The van der Waals surface area contributed by atoms with Crippen LogP contribution < -0.4 is 9.47 Å². The lowest BCUT2D eigenvalue weighted by atomic mass is 10.1. The topological polar surface area (TPSA) is 31.0 Å². The molecule has 3 nitrogen and oxygen atoms in total. The SMILES string of the molecule is COc1ccc(O[C@@H](C/C=C/C[Si](C)(C)C)C[C@@H]2CO2)cc1. The number of benzene rings is 1. The normalized spacial score (nSPS) is 19.2. The summed E-state index contributed by atoms with van der Waals surface area (Å²) in [4.78, 5) is 0. The first-order valence-electron chi connectivity index (χ1n) is 8.03. The molecule has 0 amide bonds. The van der Waals surface area contributed by atoms with E-state index >= 15 is 0 Å². The van der Waals surface area contributed by atoms with Crippen LogP contribution in [0.4, 0.5) is 0 Å². The van der Waals surface area contributed by atoms with Crippen LogP contribution in [-0.4, -0.2) is 34.0 Å². The Morgan fingerprint density at radius 3 is 2.36 bits per heavy atom. The van der Waals surface area contributed by atoms with Gasteiger partial charge in [-0.1, -0.05) is 31.8 Å². The van der Waals surface area contributed by atoms with Crippen molar-refractivity contribution < 1.29 is 14.2 Å². The first kappa shape index (κ1) is 17.1. The summed E-state index contributed by atoms with van der Waals surface area (Å²) in [6, 6.07) is 9.01. The number of hydrogen-bond acceptors (Lipinski definition) is 3. The van der Waals surface area contributed by atoms with E-state index < -0.39 is 8.07 Å². The van der Waals surface area contributed by atoms with Crippen molar-refractivity contribution in [1.29, 1.82) is 0 Å². The molecule has 0 saturated carbocycles. The predicted molar refractivity (Wildman–Crippen MR) is 93.7 cm³/mol. The van der Waals surface area contributed by atoms with Crippen LogP contribution in [0.15, 0.2) is 36.4 Å². The number of methoxy groups -OCH3 is 1. The maximum atomic E-state index is 6.12.